The summed E-state index contributed by atoms with van der Waals surface area (Å²) in [4.78, 5) is 29.8. The molecule has 6 heteroatoms. The van der Waals surface area contributed by atoms with Crippen LogP contribution in [0.1, 0.15) is 41.6 Å². The van der Waals surface area contributed by atoms with Gasteiger partial charge in [-0.25, -0.2) is 4.98 Å². The highest BCUT2D eigenvalue weighted by Gasteiger charge is 2.12. The van der Waals surface area contributed by atoms with E-state index in [4.69, 9.17) is 5.11 Å². The first-order valence-corrected chi connectivity index (χ1v) is 8.95. The fourth-order valence-corrected chi connectivity index (χ4v) is 3.09. The van der Waals surface area contributed by atoms with E-state index in [2.05, 4.69) is 15.2 Å². The van der Waals surface area contributed by atoms with Gasteiger partial charge in [-0.15, -0.1) is 0 Å². The number of rotatable bonds is 5. The van der Waals surface area contributed by atoms with Gasteiger partial charge in [0.1, 0.15) is 5.82 Å². The Balaban J connectivity index is 1.61. The van der Waals surface area contributed by atoms with Crippen molar-refractivity contribution in [1.82, 2.24) is 4.98 Å². The minimum absolute atomic E-state index is 0.0316. The van der Waals surface area contributed by atoms with Crippen molar-refractivity contribution in [2.24, 2.45) is 0 Å². The smallest absolute Gasteiger partial charge is 0.307 e. The Morgan fingerprint density at radius 1 is 1.00 bits per heavy atom. The Hall–Kier alpha value is -2.89. The number of pyridine rings is 1. The lowest BCUT2D eigenvalue weighted by atomic mass is 10.1. The van der Waals surface area contributed by atoms with Gasteiger partial charge in [0, 0.05) is 25.0 Å². The molecule has 1 aromatic heterocycles. The first-order valence-electron chi connectivity index (χ1n) is 8.95. The van der Waals surface area contributed by atoms with Crippen LogP contribution >= 0.6 is 0 Å². The van der Waals surface area contributed by atoms with Gasteiger partial charge in [-0.3, -0.25) is 9.59 Å². The van der Waals surface area contributed by atoms with E-state index in [1.54, 1.807) is 36.5 Å². The Morgan fingerprint density at radius 2 is 1.69 bits per heavy atom. The highest BCUT2D eigenvalue weighted by atomic mass is 16.4. The molecule has 0 spiro atoms. The van der Waals surface area contributed by atoms with Crippen molar-refractivity contribution in [2.45, 2.75) is 32.1 Å². The molecule has 0 bridgehead atoms. The number of carboxylic acids is 1. The van der Waals surface area contributed by atoms with Crippen LogP contribution in [-0.2, 0) is 11.2 Å². The molecule has 0 aliphatic carbocycles. The minimum atomic E-state index is -0.877. The van der Waals surface area contributed by atoms with E-state index in [1.807, 2.05) is 6.07 Å². The SMILES string of the molecule is O=C(O)Cc1ccc(NC(=O)c2ccc(N3CCCCCC3)nc2)cc1. The molecule has 1 aliphatic heterocycles. The van der Waals surface area contributed by atoms with Crippen molar-refractivity contribution in [3.8, 4) is 0 Å². The molecular weight excluding hydrogens is 330 g/mol. The van der Waals surface area contributed by atoms with Crippen LogP contribution in [0.25, 0.3) is 0 Å². The van der Waals surface area contributed by atoms with Crippen LogP contribution in [0.2, 0.25) is 0 Å². The van der Waals surface area contributed by atoms with Crippen molar-refractivity contribution in [3.63, 3.8) is 0 Å². The quantitative estimate of drug-likeness (QED) is 0.861. The number of aliphatic carboxylic acids is 1. The summed E-state index contributed by atoms with van der Waals surface area (Å²) >= 11 is 0. The Labute approximate surface area is 152 Å². The molecule has 3 rings (SSSR count). The number of nitrogens with one attached hydrogen (secondary N) is 1. The highest BCUT2D eigenvalue weighted by molar-refractivity contribution is 6.04. The molecule has 1 fully saturated rings. The van der Waals surface area contributed by atoms with Crippen LogP contribution in [-0.4, -0.2) is 35.1 Å². The molecule has 26 heavy (non-hydrogen) atoms. The minimum Gasteiger partial charge on any atom is -0.481 e. The number of aromatic nitrogens is 1. The van der Waals surface area contributed by atoms with Crippen molar-refractivity contribution < 1.29 is 14.7 Å². The summed E-state index contributed by atoms with van der Waals surface area (Å²) in [6.07, 6.45) is 6.47. The molecule has 2 N–H and O–H groups in total. The monoisotopic (exact) mass is 353 g/mol. The number of hydrogen-bond donors (Lipinski definition) is 2. The highest BCUT2D eigenvalue weighted by Crippen LogP contribution is 2.18. The van der Waals surface area contributed by atoms with Crippen LogP contribution in [0.4, 0.5) is 11.5 Å². The Bertz CT molecular complexity index is 749. The second kappa shape index (κ2) is 8.47. The topological polar surface area (TPSA) is 82.5 Å². The number of amides is 1. The van der Waals surface area contributed by atoms with E-state index < -0.39 is 5.97 Å². The van der Waals surface area contributed by atoms with Gasteiger partial charge in [-0.1, -0.05) is 25.0 Å². The molecule has 2 aromatic rings. The predicted octanol–water partition coefficient (Wildman–Crippen LogP) is 3.34. The summed E-state index contributed by atoms with van der Waals surface area (Å²) in [6, 6.07) is 10.5. The number of carboxylic acid groups (broad SMARTS) is 1. The Morgan fingerprint density at radius 3 is 2.27 bits per heavy atom. The third-order valence-electron chi connectivity index (χ3n) is 4.51. The Kier molecular flexibility index (Phi) is 5.84. The zero-order chi connectivity index (χ0) is 18.4. The summed E-state index contributed by atoms with van der Waals surface area (Å²) in [5.74, 6) is -0.190. The van der Waals surface area contributed by atoms with E-state index in [1.165, 1.54) is 25.7 Å². The number of nitrogens with zero attached hydrogens (tertiary/aromatic N) is 2. The van der Waals surface area contributed by atoms with Crippen LogP contribution in [0.3, 0.4) is 0 Å². The zero-order valence-electron chi connectivity index (χ0n) is 14.6. The maximum absolute atomic E-state index is 12.4. The van der Waals surface area contributed by atoms with Gasteiger partial charge in [0.25, 0.3) is 5.91 Å². The summed E-state index contributed by atoms with van der Waals surface area (Å²) < 4.78 is 0. The molecule has 2 heterocycles. The summed E-state index contributed by atoms with van der Waals surface area (Å²) in [6.45, 7) is 2.03. The molecular formula is C20H23N3O3. The second-order valence-electron chi connectivity index (χ2n) is 6.53. The third-order valence-corrected chi connectivity index (χ3v) is 4.51. The lowest BCUT2D eigenvalue weighted by Gasteiger charge is -2.21. The third kappa shape index (κ3) is 4.81. The van der Waals surface area contributed by atoms with Crippen molar-refractivity contribution in [3.05, 3.63) is 53.7 Å². The average molecular weight is 353 g/mol. The van der Waals surface area contributed by atoms with Crippen LogP contribution in [0, 0.1) is 0 Å². The summed E-state index contributed by atoms with van der Waals surface area (Å²) in [5.41, 5.74) is 1.82. The maximum atomic E-state index is 12.4. The summed E-state index contributed by atoms with van der Waals surface area (Å²) in [5, 5.41) is 11.6. The molecule has 1 aromatic carbocycles. The second-order valence-corrected chi connectivity index (χ2v) is 6.53. The number of benzene rings is 1. The molecule has 1 amide bonds. The maximum Gasteiger partial charge on any atom is 0.307 e. The van der Waals surface area contributed by atoms with Gasteiger partial charge in [0.05, 0.1) is 12.0 Å². The van der Waals surface area contributed by atoms with Crippen molar-refractivity contribution in [1.29, 1.82) is 0 Å². The van der Waals surface area contributed by atoms with E-state index in [9.17, 15) is 9.59 Å². The first-order chi connectivity index (χ1) is 12.6. The lowest BCUT2D eigenvalue weighted by molar-refractivity contribution is -0.136. The fraction of sp³-hybridized carbons (Fsp3) is 0.350. The zero-order valence-corrected chi connectivity index (χ0v) is 14.6. The van der Waals surface area contributed by atoms with E-state index >= 15 is 0 Å². The van der Waals surface area contributed by atoms with Crippen molar-refractivity contribution in [2.75, 3.05) is 23.3 Å². The number of anilines is 2. The number of hydrogen-bond acceptors (Lipinski definition) is 4. The molecule has 136 valence electrons. The molecule has 6 nitrogen and oxygen atoms in total. The van der Waals surface area contributed by atoms with Gasteiger partial charge < -0.3 is 15.3 Å². The standard InChI is InChI=1S/C20H23N3O3/c24-19(25)13-15-5-8-17(9-6-15)22-20(26)16-7-10-18(21-14-16)23-11-3-1-2-4-12-23/h5-10,14H,1-4,11-13H2,(H,22,26)(H,24,25). The summed E-state index contributed by atoms with van der Waals surface area (Å²) in [7, 11) is 0. The lowest BCUT2D eigenvalue weighted by Crippen LogP contribution is -2.25. The molecule has 0 atom stereocenters. The predicted molar refractivity (Wildman–Crippen MR) is 101 cm³/mol. The van der Waals surface area contributed by atoms with E-state index in [0.29, 0.717) is 16.8 Å². The normalized spacial score (nSPS) is 14.5. The first kappa shape index (κ1) is 17.9. The van der Waals surface area contributed by atoms with E-state index in [0.717, 1.165) is 18.9 Å². The van der Waals surface area contributed by atoms with E-state index in [-0.39, 0.29) is 12.3 Å². The molecule has 0 radical (unpaired) electrons. The van der Waals surface area contributed by atoms with Crippen LogP contribution in [0.5, 0.6) is 0 Å². The van der Waals surface area contributed by atoms with Gasteiger partial charge in [0.2, 0.25) is 0 Å². The number of carbonyl (C=O) groups excluding carboxylic acids is 1. The average Bonchev–Trinajstić information content (AvgIpc) is 2.92. The fourth-order valence-electron chi connectivity index (χ4n) is 3.09. The van der Waals surface area contributed by atoms with Gasteiger partial charge in [-0.2, -0.15) is 0 Å². The van der Waals surface area contributed by atoms with Gasteiger partial charge >= 0.3 is 5.97 Å². The van der Waals surface area contributed by atoms with Crippen LogP contribution < -0.4 is 10.2 Å². The van der Waals surface area contributed by atoms with Crippen molar-refractivity contribution >= 4 is 23.4 Å². The van der Waals surface area contributed by atoms with Gasteiger partial charge in [-0.05, 0) is 42.7 Å². The largest absolute Gasteiger partial charge is 0.481 e. The van der Waals surface area contributed by atoms with Crippen LogP contribution in [0.15, 0.2) is 42.6 Å². The molecule has 0 unspecified atom stereocenters. The number of carbonyl (C=O) groups is 2. The molecule has 1 aliphatic rings. The van der Waals surface area contributed by atoms with Gasteiger partial charge in [0.15, 0.2) is 0 Å². The molecule has 1 saturated heterocycles. The molecule has 0 saturated carbocycles.